The molecule has 0 saturated carbocycles. The average molecular weight is 334 g/mol. The third kappa shape index (κ3) is 4.70. The molecule has 8 heteroatoms. The van der Waals surface area contributed by atoms with Gasteiger partial charge in [-0.15, -0.1) is 0 Å². The van der Waals surface area contributed by atoms with Crippen molar-refractivity contribution < 1.29 is 19.9 Å². The number of nitrogens with one attached hydrogen (secondary N) is 1. The van der Waals surface area contributed by atoms with E-state index in [9.17, 15) is 25.1 Å². The molecule has 2 rings (SSSR count). The molecule has 0 bridgehead atoms. The summed E-state index contributed by atoms with van der Waals surface area (Å²) in [5, 5.41) is 29.5. The topological polar surface area (TPSA) is 113 Å². The Hall–Kier alpha value is -2.58. The van der Waals surface area contributed by atoms with Gasteiger partial charge in [0, 0.05) is 6.07 Å². The van der Waals surface area contributed by atoms with Crippen molar-refractivity contribution >= 4 is 23.6 Å². The van der Waals surface area contributed by atoms with Crippen LogP contribution in [-0.2, 0) is 11.2 Å². The maximum absolute atomic E-state index is 11.4. The first-order chi connectivity index (χ1) is 11.0. The Kier molecular flexibility index (Phi) is 5.56. The van der Waals surface area contributed by atoms with Crippen molar-refractivity contribution in [3.63, 3.8) is 0 Å². The van der Waals surface area contributed by atoms with Gasteiger partial charge >= 0.3 is 5.97 Å². The fourth-order valence-electron chi connectivity index (χ4n) is 1.88. The minimum atomic E-state index is -1.07. The Labute approximate surface area is 136 Å². The Bertz CT molecular complexity index is 705. The summed E-state index contributed by atoms with van der Waals surface area (Å²) in [7, 11) is 0. The van der Waals surface area contributed by atoms with E-state index in [0.717, 1.165) is 17.5 Å². The molecule has 7 nitrogen and oxygen atoms in total. The number of phenols is 1. The summed E-state index contributed by atoms with van der Waals surface area (Å²) in [6.45, 7) is 0. The molecule has 0 heterocycles. The maximum atomic E-state index is 11.4. The van der Waals surface area contributed by atoms with Gasteiger partial charge in [-0.25, -0.2) is 4.72 Å². The molecule has 0 unspecified atom stereocenters. The van der Waals surface area contributed by atoms with Crippen LogP contribution >= 0.6 is 11.9 Å². The molecule has 3 N–H and O–H groups in total. The van der Waals surface area contributed by atoms with Crippen molar-refractivity contribution in [1.29, 1.82) is 0 Å². The summed E-state index contributed by atoms with van der Waals surface area (Å²) in [5.41, 5.74) is 0.643. The molecule has 0 aromatic heterocycles. The predicted molar refractivity (Wildman–Crippen MR) is 85.3 cm³/mol. The minimum Gasteiger partial charge on any atom is -0.508 e. The molecular formula is C15H14N2O5S. The van der Waals surface area contributed by atoms with Crippen LogP contribution in [0, 0.1) is 10.1 Å². The fraction of sp³-hybridized carbons (Fsp3) is 0.133. The smallest absolute Gasteiger partial charge is 0.321 e. The standard InChI is InChI=1S/C15H14N2O5S/c18-11-7-5-10(6-8-11)9-12(15(19)20)16-23-14-4-2-1-3-13(14)17(21)22/h1-8,12,16,18H,9H2,(H,19,20)/t12-/m1/s1. The molecule has 0 aliphatic carbocycles. The highest BCUT2D eigenvalue weighted by atomic mass is 32.2. The molecule has 0 amide bonds. The molecule has 0 fully saturated rings. The van der Waals surface area contributed by atoms with Crippen LogP contribution in [0.25, 0.3) is 0 Å². The monoisotopic (exact) mass is 334 g/mol. The zero-order valence-corrected chi connectivity index (χ0v) is 12.7. The van der Waals surface area contributed by atoms with Gasteiger partial charge in [0.05, 0.1) is 4.92 Å². The van der Waals surface area contributed by atoms with Gasteiger partial charge in [0.25, 0.3) is 5.69 Å². The van der Waals surface area contributed by atoms with Gasteiger partial charge in [-0.2, -0.15) is 0 Å². The van der Waals surface area contributed by atoms with Crippen molar-refractivity contribution in [2.45, 2.75) is 17.4 Å². The third-order valence-corrected chi connectivity index (χ3v) is 4.01. The first-order valence-electron chi connectivity index (χ1n) is 6.64. The van der Waals surface area contributed by atoms with Crippen LogP contribution in [0.1, 0.15) is 5.56 Å². The van der Waals surface area contributed by atoms with Crippen molar-refractivity contribution in [3.8, 4) is 5.75 Å². The van der Waals surface area contributed by atoms with E-state index in [2.05, 4.69) is 4.72 Å². The van der Waals surface area contributed by atoms with E-state index in [1.807, 2.05) is 0 Å². The van der Waals surface area contributed by atoms with Crippen LogP contribution < -0.4 is 4.72 Å². The molecular weight excluding hydrogens is 320 g/mol. The molecule has 2 aromatic rings. The molecule has 23 heavy (non-hydrogen) atoms. The van der Waals surface area contributed by atoms with E-state index in [1.165, 1.54) is 18.2 Å². The number of para-hydroxylation sites is 1. The van der Waals surface area contributed by atoms with Gasteiger partial charge in [-0.1, -0.05) is 24.3 Å². The lowest BCUT2D eigenvalue weighted by atomic mass is 10.1. The first kappa shape index (κ1) is 16.8. The lowest BCUT2D eigenvalue weighted by Gasteiger charge is -2.14. The lowest BCUT2D eigenvalue weighted by molar-refractivity contribution is -0.387. The average Bonchev–Trinajstić information content (AvgIpc) is 2.53. The van der Waals surface area contributed by atoms with Gasteiger partial charge in [0.2, 0.25) is 0 Å². The highest BCUT2D eigenvalue weighted by Crippen LogP contribution is 2.27. The van der Waals surface area contributed by atoms with Crippen LogP contribution in [0.4, 0.5) is 5.69 Å². The number of carbonyl (C=O) groups is 1. The van der Waals surface area contributed by atoms with E-state index in [1.54, 1.807) is 30.3 Å². The predicted octanol–water partition coefficient (Wildman–Crippen LogP) is 2.59. The Morgan fingerprint density at radius 1 is 1.22 bits per heavy atom. The third-order valence-electron chi connectivity index (χ3n) is 3.05. The number of nitrogens with zero attached hydrogens (tertiary/aromatic N) is 1. The molecule has 1 atom stereocenters. The second-order valence-electron chi connectivity index (χ2n) is 4.71. The first-order valence-corrected chi connectivity index (χ1v) is 7.45. The number of hydrogen-bond donors (Lipinski definition) is 3. The molecule has 2 aromatic carbocycles. The summed E-state index contributed by atoms with van der Waals surface area (Å²) >= 11 is 0.912. The number of carboxylic acid groups (broad SMARTS) is 1. The number of aliphatic carboxylic acids is 1. The molecule has 120 valence electrons. The minimum absolute atomic E-state index is 0.0845. The van der Waals surface area contributed by atoms with Crippen molar-refractivity contribution in [2.24, 2.45) is 0 Å². The van der Waals surface area contributed by atoms with Crippen LogP contribution in [0.2, 0.25) is 0 Å². The number of phenolic OH excluding ortho intramolecular Hbond substituents is 1. The quantitative estimate of drug-likeness (QED) is 0.405. The van der Waals surface area contributed by atoms with Crippen LogP contribution in [0.15, 0.2) is 53.4 Å². The second kappa shape index (κ2) is 7.61. The number of aromatic hydroxyl groups is 1. The van der Waals surface area contributed by atoms with E-state index >= 15 is 0 Å². The Morgan fingerprint density at radius 2 is 1.87 bits per heavy atom. The summed E-state index contributed by atoms with van der Waals surface area (Å²) in [4.78, 5) is 22.1. The largest absolute Gasteiger partial charge is 0.508 e. The van der Waals surface area contributed by atoms with E-state index in [-0.39, 0.29) is 17.9 Å². The summed E-state index contributed by atoms with van der Waals surface area (Å²) < 4.78 is 2.74. The van der Waals surface area contributed by atoms with Crippen molar-refractivity contribution in [2.75, 3.05) is 0 Å². The number of hydrogen-bond acceptors (Lipinski definition) is 6. The van der Waals surface area contributed by atoms with E-state index in [0.29, 0.717) is 4.90 Å². The lowest BCUT2D eigenvalue weighted by Crippen LogP contribution is -2.34. The van der Waals surface area contributed by atoms with Crippen molar-refractivity contribution in [1.82, 2.24) is 4.72 Å². The number of nitro groups is 1. The summed E-state index contributed by atoms with van der Waals surface area (Å²) in [6.07, 6.45) is 0.184. The van der Waals surface area contributed by atoms with E-state index < -0.39 is 16.9 Å². The highest BCUT2D eigenvalue weighted by molar-refractivity contribution is 7.97. The van der Waals surface area contributed by atoms with Crippen molar-refractivity contribution in [3.05, 3.63) is 64.2 Å². The zero-order valence-electron chi connectivity index (χ0n) is 11.9. The summed E-state index contributed by atoms with van der Waals surface area (Å²) in [6, 6.07) is 11.4. The molecule has 0 saturated heterocycles. The number of nitro benzene ring substituents is 1. The second-order valence-corrected chi connectivity index (χ2v) is 5.59. The SMILES string of the molecule is O=C(O)[C@@H](Cc1ccc(O)cc1)NSc1ccccc1[N+](=O)[O-]. The van der Waals surface area contributed by atoms with Gasteiger partial charge < -0.3 is 10.2 Å². The molecule has 0 aliphatic rings. The van der Waals surface area contributed by atoms with Gasteiger partial charge in [0.1, 0.15) is 16.7 Å². The molecule has 0 spiro atoms. The number of carboxylic acids is 1. The highest BCUT2D eigenvalue weighted by Gasteiger charge is 2.20. The number of benzene rings is 2. The normalized spacial score (nSPS) is 11.8. The summed E-state index contributed by atoms with van der Waals surface area (Å²) in [5.74, 6) is -0.966. The maximum Gasteiger partial charge on any atom is 0.321 e. The van der Waals surface area contributed by atoms with E-state index in [4.69, 9.17) is 0 Å². The fourth-order valence-corrected chi connectivity index (χ4v) is 2.72. The molecule has 0 aliphatic heterocycles. The molecule has 0 radical (unpaired) electrons. The van der Waals surface area contributed by atoms with Crippen LogP contribution in [0.5, 0.6) is 5.75 Å². The number of rotatable bonds is 7. The Morgan fingerprint density at radius 3 is 2.48 bits per heavy atom. The van der Waals surface area contributed by atoms with Gasteiger partial charge in [-0.3, -0.25) is 14.9 Å². The van der Waals surface area contributed by atoms with Crippen LogP contribution in [-0.4, -0.2) is 27.1 Å². The zero-order chi connectivity index (χ0) is 16.8. The Balaban J connectivity index is 2.07. The van der Waals surface area contributed by atoms with Gasteiger partial charge in [-0.05, 0) is 42.1 Å². The van der Waals surface area contributed by atoms with Crippen LogP contribution in [0.3, 0.4) is 0 Å². The van der Waals surface area contributed by atoms with Gasteiger partial charge in [0.15, 0.2) is 0 Å².